The van der Waals surface area contributed by atoms with Gasteiger partial charge in [0.05, 0.1) is 13.3 Å². The van der Waals surface area contributed by atoms with Gasteiger partial charge in [0.2, 0.25) is 0 Å². The number of nitrogens with one attached hydrogen (secondary N) is 2. The standard InChI is InChI=1S/C23H20BrN3O4/c1-30-20-7-4-6-19(13-20)26-22(28)23(29)27-25-14-17-5-2-3-8-21(17)31-15-16-9-11-18(24)12-10-16/h2-14H,15H2,1H3,(H,26,28)(H,27,29)/b25-14-. The molecule has 3 aromatic carbocycles. The van der Waals surface area contributed by atoms with Crippen molar-refractivity contribution in [2.75, 3.05) is 12.4 Å². The molecule has 7 nitrogen and oxygen atoms in total. The van der Waals surface area contributed by atoms with Gasteiger partial charge in [-0.15, -0.1) is 0 Å². The number of halogens is 1. The molecule has 0 saturated heterocycles. The predicted octanol–water partition coefficient (Wildman–Crippen LogP) is 4.13. The van der Waals surface area contributed by atoms with Crippen LogP contribution in [0.4, 0.5) is 5.69 Å². The molecular weight excluding hydrogens is 462 g/mol. The molecule has 0 spiro atoms. The number of benzene rings is 3. The van der Waals surface area contributed by atoms with E-state index in [9.17, 15) is 9.59 Å². The number of methoxy groups -OCH3 is 1. The largest absolute Gasteiger partial charge is 0.497 e. The number of hydrazone groups is 1. The van der Waals surface area contributed by atoms with Crippen molar-refractivity contribution in [3.8, 4) is 11.5 Å². The Morgan fingerprint density at radius 3 is 2.55 bits per heavy atom. The van der Waals surface area contributed by atoms with Crippen LogP contribution in [0, 0.1) is 0 Å². The molecule has 2 amide bonds. The molecule has 0 heterocycles. The molecule has 3 rings (SSSR count). The fourth-order valence-corrected chi connectivity index (χ4v) is 2.82. The lowest BCUT2D eigenvalue weighted by atomic mass is 10.2. The van der Waals surface area contributed by atoms with Crippen molar-refractivity contribution in [2.45, 2.75) is 6.61 Å². The maximum absolute atomic E-state index is 12.0. The van der Waals surface area contributed by atoms with Gasteiger partial charge >= 0.3 is 11.8 Å². The molecule has 31 heavy (non-hydrogen) atoms. The maximum Gasteiger partial charge on any atom is 0.329 e. The third-order valence-corrected chi connectivity index (χ3v) is 4.66. The van der Waals surface area contributed by atoms with Crippen molar-refractivity contribution in [2.24, 2.45) is 5.10 Å². The molecule has 0 aliphatic heterocycles. The van der Waals surface area contributed by atoms with E-state index in [-0.39, 0.29) is 0 Å². The van der Waals surface area contributed by atoms with E-state index in [1.165, 1.54) is 13.3 Å². The molecule has 0 aromatic heterocycles. The third-order valence-electron chi connectivity index (χ3n) is 4.13. The van der Waals surface area contributed by atoms with E-state index >= 15 is 0 Å². The van der Waals surface area contributed by atoms with Gasteiger partial charge in [0.25, 0.3) is 0 Å². The molecular formula is C23H20BrN3O4. The maximum atomic E-state index is 12.0. The van der Waals surface area contributed by atoms with Crippen molar-refractivity contribution in [3.63, 3.8) is 0 Å². The Morgan fingerprint density at radius 1 is 1.00 bits per heavy atom. The summed E-state index contributed by atoms with van der Waals surface area (Å²) >= 11 is 3.40. The van der Waals surface area contributed by atoms with Crippen LogP contribution >= 0.6 is 15.9 Å². The summed E-state index contributed by atoms with van der Waals surface area (Å²) in [5.74, 6) is -0.572. The lowest BCUT2D eigenvalue weighted by Gasteiger charge is -2.09. The van der Waals surface area contributed by atoms with Crippen LogP contribution in [0.25, 0.3) is 0 Å². The molecule has 0 atom stereocenters. The van der Waals surface area contributed by atoms with Crippen LogP contribution in [-0.2, 0) is 16.2 Å². The number of nitrogens with zero attached hydrogens (tertiary/aromatic N) is 1. The van der Waals surface area contributed by atoms with Gasteiger partial charge in [0, 0.05) is 21.8 Å². The van der Waals surface area contributed by atoms with Crippen molar-refractivity contribution < 1.29 is 19.1 Å². The highest BCUT2D eigenvalue weighted by molar-refractivity contribution is 9.10. The highest BCUT2D eigenvalue weighted by Gasteiger charge is 2.13. The topological polar surface area (TPSA) is 89.0 Å². The number of para-hydroxylation sites is 1. The lowest BCUT2D eigenvalue weighted by Crippen LogP contribution is -2.32. The van der Waals surface area contributed by atoms with E-state index in [0.29, 0.717) is 29.4 Å². The van der Waals surface area contributed by atoms with E-state index in [2.05, 4.69) is 31.8 Å². The fourth-order valence-electron chi connectivity index (χ4n) is 2.56. The zero-order valence-corrected chi connectivity index (χ0v) is 18.3. The van der Waals surface area contributed by atoms with Crippen molar-refractivity contribution in [1.29, 1.82) is 0 Å². The summed E-state index contributed by atoms with van der Waals surface area (Å²) in [6.45, 7) is 0.382. The molecule has 0 aliphatic carbocycles. The number of carbonyl (C=O) groups excluding carboxylic acids is 2. The van der Waals surface area contributed by atoms with Crippen LogP contribution in [0.5, 0.6) is 11.5 Å². The first-order chi connectivity index (χ1) is 15.0. The molecule has 0 fully saturated rings. The normalized spacial score (nSPS) is 10.5. The Labute approximate surface area is 188 Å². The SMILES string of the molecule is COc1cccc(NC(=O)C(=O)N/N=C\c2ccccc2OCc2ccc(Br)cc2)c1. The summed E-state index contributed by atoms with van der Waals surface area (Å²) in [5, 5.41) is 6.35. The monoisotopic (exact) mass is 481 g/mol. The number of anilines is 1. The molecule has 2 N–H and O–H groups in total. The first kappa shape index (κ1) is 22.0. The minimum atomic E-state index is -0.896. The summed E-state index contributed by atoms with van der Waals surface area (Å²) in [6.07, 6.45) is 1.42. The van der Waals surface area contributed by atoms with Gasteiger partial charge in [-0.1, -0.05) is 46.3 Å². The Kier molecular flexibility index (Phi) is 7.78. The Hall–Kier alpha value is -3.65. The van der Waals surface area contributed by atoms with Gasteiger partial charge in [0.15, 0.2) is 0 Å². The van der Waals surface area contributed by atoms with E-state index in [1.54, 1.807) is 36.4 Å². The molecule has 0 saturated carbocycles. The molecule has 0 unspecified atom stereocenters. The van der Waals surface area contributed by atoms with E-state index in [4.69, 9.17) is 9.47 Å². The van der Waals surface area contributed by atoms with Crippen molar-refractivity contribution >= 4 is 39.6 Å². The molecule has 0 bridgehead atoms. The van der Waals surface area contributed by atoms with Gasteiger partial charge in [-0.05, 0) is 42.0 Å². The first-order valence-electron chi connectivity index (χ1n) is 9.30. The summed E-state index contributed by atoms with van der Waals surface area (Å²) < 4.78 is 11.9. The lowest BCUT2D eigenvalue weighted by molar-refractivity contribution is -0.136. The smallest absolute Gasteiger partial charge is 0.329 e. The first-order valence-corrected chi connectivity index (χ1v) is 10.1. The average molecular weight is 482 g/mol. The predicted molar refractivity (Wildman–Crippen MR) is 122 cm³/mol. The summed E-state index contributed by atoms with van der Waals surface area (Å²) in [6, 6.07) is 21.8. The van der Waals surface area contributed by atoms with Gasteiger partial charge < -0.3 is 14.8 Å². The number of carbonyl (C=O) groups is 2. The second kappa shape index (κ2) is 10.9. The van der Waals surface area contributed by atoms with Crippen LogP contribution in [0.2, 0.25) is 0 Å². The van der Waals surface area contributed by atoms with Crippen molar-refractivity contribution in [3.05, 3.63) is 88.4 Å². The van der Waals surface area contributed by atoms with E-state index in [0.717, 1.165) is 10.0 Å². The van der Waals surface area contributed by atoms with Crippen molar-refractivity contribution in [1.82, 2.24) is 5.43 Å². The Bertz CT molecular complexity index is 1080. The molecule has 0 radical (unpaired) electrons. The number of rotatable bonds is 7. The van der Waals surface area contributed by atoms with Crippen LogP contribution in [0.15, 0.2) is 82.4 Å². The fraction of sp³-hybridized carbons (Fsp3) is 0.0870. The van der Waals surface area contributed by atoms with Gasteiger partial charge in [-0.25, -0.2) is 5.43 Å². The van der Waals surface area contributed by atoms with E-state index in [1.807, 2.05) is 36.4 Å². The average Bonchev–Trinajstić information content (AvgIpc) is 2.79. The quantitative estimate of drug-likeness (QED) is 0.301. The number of hydrogen-bond donors (Lipinski definition) is 2. The second-order valence-electron chi connectivity index (χ2n) is 6.34. The van der Waals surface area contributed by atoms with Crippen LogP contribution in [0.3, 0.4) is 0 Å². The van der Waals surface area contributed by atoms with Gasteiger partial charge in [-0.2, -0.15) is 5.10 Å². The summed E-state index contributed by atoms with van der Waals surface area (Å²) in [5.41, 5.74) is 4.33. The van der Waals surface area contributed by atoms with Crippen LogP contribution in [-0.4, -0.2) is 25.1 Å². The van der Waals surface area contributed by atoms with Crippen LogP contribution in [0.1, 0.15) is 11.1 Å². The minimum absolute atomic E-state index is 0.382. The van der Waals surface area contributed by atoms with Gasteiger partial charge in [-0.3, -0.25) is 9.59 Å². The minimum Gasteiger partial charge on any atom is -0.497 e. The molecule has 3 aromatic rings. The zero-order valence-electron chi connectivity index (χ0n) is 16.7. The van der Waals surface area contributed by atoms with E-state index < -0.39 is 11.8 Å². The number of amides is 2. The summed E-state index contributed by atoms with van der Waals surface area (Å²) in [7, 11) is 1.52. The second-order valence-corrected chi connectivity index (χ2v) is 7.25. The van der Waals surface area contributed by atoms with Crippen LogP contribution < -0.4 is 20.2 Å². The summed E-state index contributed by atoms with van der Waals surface area (Å²) in [4.78, 5) is 24.1. The van der Waals surface area contributed by atoms with Gasteiger partial charge in [0.1, 0.15) is 18.1 Å². The Balaban J connectivity index is 1.56. The Morgan fingerprint density at radius 2 is 1.77 bits per heavy atom. The molecule has 8 heteroatoms. The highest BCUT2D eigenvalue weighted by atomic mass is 79.9. The number of ether oxygens (including phenoxy) is 2. The molecule has 158 valence electrons. The highest BCUT2D eigenvalue weighted by Crippen LogP contribution is 2.19. The zero-order chi connectivity index (χ0) is 22.1. The third kappa shape index (κ3) is 6.68. The molecule has 0 aliphatic rings. The number of hydrogen-bond acceptors (Lipinski definition) is 5.